The van der Waals surface area contributed by atoms with Gasteiger partial charge in [0.2, 0.25) is 5.91 Å². The fraction of sp³-hybridized carbons (Fsp3) is 0.857. The van der Waals surface area contributed by atoms with Crippen molar-refractivity contribution < 1.29 is 14.3 Å². The van der Waals surface area contributed by atoms with Crippen LogP contribution in [-0.2, 0) is 14.3 Å². The van der Waals surface area contributed by atoms with E-state index >= 15 is 0 Å². The molecular formula is C14H25N3O3. The van der Waals surface area contributed by atoms with Crippen LogP contribution in [-0.4, -0.2) is 66.5 Å². The monoisotopic (exact) mass is 283 g/mol. The molecular weight excluding hydrogens is 258 g/mol. The number of hydrogen-bond acceptors (Lipinski definition) is 4. The maximum atomic E-state index is 12.2. The minimum Gasteiger partial charge on any atom is -0.367 e. The summed E-state index contributed by atoms with van der Waals surface area (Å²) < 4.78 is 5.42. The first-order valence-electron chi connectivity index (χ1n) is 7.45. The van der Waals surface area contributed by atoms with Gasteiger partial charge in [0.25, 0.3) is 5.91 Å². The molecule has 2 amide bonds. The number of likely N-dealkylation sites (tertiary alicyclic amines) is 1. The molecule has 1 unspecified atom stereocenters. The number of nitrogens with two attached hydrogens (primary N) is 1. The Morgan fingerprint density at radius 2 is 1.95 bits per heavy atom. The van der Waals surface area contributed by atoms with Gasteiger partial charge >= 0.3 is 0 Å². The molecule has 0 radical (unpaired) electrons. The Morgan fingerprint density at radius 3 is 2.60 bits per heavy atom. The molecule has 114 valence electrons. The Labute approximate surface area is 120 Å². The maximum Gasteiger partial charge on any atom is 0.251 e. The van der Waals surface area contributed by atoms with Gasteiger partial charge in [-0.25, -0.2) is 0 Å². The van der Waals surface area contributed by atoms with Crippen LogP contribution in [0.4, 0.5) is 0 Å². The molecule has 0 saturated carbocycles. The second kappa shape index (κ2) is 6.54. The Morgan fingerprint density at radius 1 is 1.25 bits per heavy atom. The minimum atomic E-state index is -1.04. The summed E-state index contributed by atoms with van der Waals surface area (Å²) in [5, 5.41) is 0. The van der Waals surface area contributed by atoms with E-state index in [0.29, 0.717) is 19.6 Å². The minimum absolute atomic E-state index is 0.0972. The molecule has 2 N–H and O–H groups in total. The predicted molar refractivity (Wildman–Crippen MR) is 75.0 cm³/mol. The van der Waals surface area contributed by atoms with Gasteiger partial charge in [0.05, 0.1) is 13.2 Å². The largest absolute Gasteiger partial charge is 0.367 e. The number of rotatable bonds is 5. The van der Waals surface area contributed by atoms with E-state index in [1.807, 2.05) is 0 Å². The van der Waals surface area contributed by atoms with E-state index in [9.17, 15) is 9.59 Å². The van der Waals surface area contributed by atoms with Crippen LogP contribution in [0.1, 0.15) is 32.6 Å². The van der Waals surface area contributed by atoms with E-state index in [0.717, 1.165) is 26.1 Å². The van der Waals surface area contributed by atoms with E-state index < -0.39 is 11.5 Å². The first kappa shape index (κ1) is 15.3. The van der Waals surface area contributed by atoms with Crippen LogP contribution in [0.25, 0.3) is 0 Å². The summed E-state index contributed by atoms with van der Waals surface area (Å²) in [6.45, 7) is 6.15. The number of amides is 2. The number of morpholine rings is 1. The molecule has 2 aliphatic heterocycles. The first-order valence-corrected chi connectivity index (χ1v) is 7.45. The third-order valence-corrected chi connectivity index (χ3v) is 4.21. The highest BCUT2D eigenvalue weighted by Gasteiger charge is 2.38. The van der Waals surface area contributed by atoms with E-state index in [4.69, 9.17) is 10.5 Å². The van der Waals surface area contributed by atoms with Gasteiger partial charge in [0.15, 0.2) is 5.60 Å². The van der Waals surface area contributed by atoms with Gasteiger partial charge in [-0.15, -0.1) is 0 Å². The second-order valence-corrected chi connectivity index (χ2v) is 5.91. The topological polar surface area (TPSA) is 75.9 Å². The maximum absolute atomic E-state index is 12.2. The summed E-state index contributed by atoms with van der Waals surface area (Å²) >= 11 is 0. The number of carbonyl (C=O) groups is 2. The lowest BCUT2D eigenvalue weighted by Crippen LogP contribution is -2.58. The van der Waals surface area contributed by atoms with Crippen molar-refractivity contribution in [1.82, 2.24) is 9.80 Å². The van der Waals surface area contributed by atoms with Crippen LogP contribution >= 0.6 is 0 Å². The van der Waals surface area contributed by atoms with Gasteiger partial charge in [-0.3, -0.25) is 9.59 Å². The third-order valence-electron chi connectivity index (χ3n) is 4.21. The van der Waals surface area contributed by atoms with Crippen molar-refractivity contribution in [3.8, 4) is 0 Å². The molecule has 20 heavy (non-hydrogen) atoms. The van der Waals surface area contributed by atoms with Crippen molar-refractivity contribution in [3.63, 3.8) is 0 Å². The average Bonchev–Trinajstić information content (AvgIpc) is 2.91. The third kappa shape index (κ3) is 3.70. The number of ether oxygens (including phenoxy) is 1. The molecule has 0 spiro atoms. The quantitative estimate of drug-likeness (QED) is 0.768. The van der Waals surface area contributed by atoms with Gasteiger partial charge in [-0.2, -0.15) is 0 Å². The molecule has 6 nitrogen and oxygen atoms in total. The second-order valence-electron chi connectivity index (χ2n) is 5.91. The molecule has 2 aliphatic rings. The summed E-state index contributed by atoms with van der Waals surface area (Å²) in [5.41, 5.74) is 4.30. The first-order chi connectivity index (χ1) is 9.51. The van der Waals surface area contributed by atoms with Crippen molar-refractivity contribution in [2.24, 2.45) is 5.73 Å². The summed E-state index contributed by atoms with van der Waals surface area (Å²) in [7, 11) is 0. The van der Waals surface area contributed by atoms with E-state index in [1.54, 1.807) is 11.8 Å². The standard InChI is InChI=1S/C14H25N3O3/c1-14(13(15)19)11-17(9-10-20-14)12(18)5-4-8-16-6-2-3-7-16/h2-11H2,1H3,(H2,15,19). The molecule has 2 heterocycles. The predicted octanol–water partition coefficient (Wildman–Crippen LogP) is -0.0348. The van der Waals surface area contributed by atoms with Crippen LogP contribution < -0.4 is 5.73 Å². The van der Waals surface area contributed by atoms with E-state index in [2.05, 4.69) is 4.90 Å². The summed E-state index contributed by atoms with van der Waals surface area (Å²) in [6.07, 6.45) is 3.96. The normalized spacial score (nSPS) is 27.8. The van der Waals surface area contributed by atoms with Gasteiger partial charge in [0.1, 0.15) is 0 Å². The summed E-state index contributed by atoms with van der Waals surface area (Å²) in [6, 6.07) is 0. The molecule has 6 heteroatoms. The molecule has 0 bridgehead atoms. The fourth-order valence-electron chi connectivity index (χ4n) is 2.85. The van der Waals surface area contributed by atoms with Gasteiger partial charge < -0.3 is 20.3 Å². The molecule has 0 aliphatic carbocycles. The lowest BCUT2D eigenvalue weighted by molar-refractivity contribution is -0.160. The Hall–Kier alpha value is -1.14. The molecule has 0 aromatic carbocycles. The highest BCUT2D eigenvalue weighted by atomic mass is 16.5. The van der Waals surface area contributed by atoms with Crippen LogP contribution in [0.3, 0.4) is 0 Å². The Kier molecular flexibility index (Phi) is 4.99. The van der Waals surface area contributed by atoms with E-state index in [1.165, 1.54) is 12.8 Å². The van der Waals surface area contributed by atoms with E-state index in [-0.39, 0.29) is 12.5 Å². The van der Waals surface area contributed by atoms with Crippen molar-refractivity contribution in [3.05, 3.63) is 0 Å². The summed E-state index contributed by atoms with van der Waals surface area (Å²) in [4.78, 5) is 27.7. The summed E-state index contributed by atoms with van der Waals surface area (Å²) in [5.74, 6) is -0.410. The fourth-order valence-corrected chi connectivity index (χ4v) is 2.85. The molecule has 0 aromatic rings. The van der Waals surface area contributed by atoms with Crippen LogP contribution in [0.2, 0.25) is 0 Å². The van der Waals surface area contributed by atoms with Crippen LogP contribution in [0, 0.1) is 0 Å². The highest BCUT2D eigenvalue weighted by Crippen LogP contribution is 2.18. The molecule has 1 atom stereocenters. The van der Waals surface area contributed by atoms with Gasteiger partial charge in [-0.05, 0) is 45.8 Å². The molecule has 0 aromatic heterocycles. The van der Waals surface area contributed by atoms with Crippen molar-refractivity contribution >= 4 is 11.8 Å². The van der Waals surface area contributed by atoms with Gasteiger partial charge in [-0.1, -0.05) is 0 Å². The molecule has 2 rings (SSSR count). The SMILES string of the molecule is CC1(C(N)=O)CN(C(=O)CCCN2CCCC2)CCO1. The van der Waals surface area contributed by atoms with Crippen molar-refractivity contribution in [1.29, 1.82) is 0 Å². The molecule has 2 saturated heterocycles. The molecule has 2 fully saturated rings. The Balaban J connectivity index is 1.75. The lowest BCUT2D eigenvalue weighted by Gasteiger charge is -2.38. The lowest BCUT2D eigenvalue weighted by atomic mass is 10.0. The van der Waals surface area contributed by atoms with Crippen molar-refractivity contribution in [2.75, 3.05) is 39.3 Å². The zero-order chi connectivity index (χ0) is 14.6. The number of carbonyl (C=O) groups excluding carboxylic acids is 2. The van der Waals surface area contributed by atoms with Crippen molar-refractivity contribution in [2.45, 2.75) is 38.2 Å². The highest BCUT2D eigenvalue weighted by molar-refractivity contribution is 5.85. The zero-order valence-corrected chi connectivity index (χ0v) is 12.3. The number of hydrogen-bond donors (Lipinski definition) is 1. The van der Waals surface area contributed by atoms with Crippen LogP contribution in [0.15, 0.2) is 0 Å². The smallest absolute Gasteiger partial charge is 0.251 e. The zero-order valence-electron chi connectivity index (χ0n) is 12.3. The number of nitrogens with zero attached hydrogens (tertiary/aromatic N) is 2. The van der Waals surface area contributed by atoms with Crippen LogP contribution in [0.5, 0.6) is 0 Å². The number of primary amides is 1. The average molecular weight is 283 g/mol. The van der Waals surface area contributed by atoms with Gasteiger partial charge in [0, 0.05) is 13.0 Å². The Bertz CT molecular complexity index is 369.